The Kier molecular flexibility index (Phi) is 4.73. The Morgan fingerprint density at radius 2 is 1.82 bits per heavy atom. The fraction of sp³-hybridized carbons (Fsp3) is 0.294. The Bertz CT molecular complexity index is 651. The molecule has 0 bridgehead atoms. The number of benzene rings is 1. The van der Waals surface area contributed by atoms with Gasteiger partial charge in [0.2, 0.25) is 0 Å². The first-order valence-corrected chi connectivity index (χ1v) is 8.28. The maximum atomic E-state index is 12.3. The van der Waals surface area contributed by atoms with Crippen molar-refractivity contribution in [3.05, 3.63) is 52.8 Å². The number of carbonyl (C=O) groups excluding carboxylic acids is 1. The van der Waals surface area contributed by atoms with E-state index in [1.54, 1.807) is 12.4 Å². The summed E-state index contributed by atoms with van der Waals surface area (Å²) in [6, 6.07) is 10.0. The van der Waals surface area contributed by atoms with Crippen LogP contribution in [0.15, 0.2) is 47.2 Å². The van der Waals surface area contributed by atoms with Crippen LogP contribution in [0.25, 0.3) is 0 Å². The molecule has 22 heavy (non-hydrogen) atoms. The highest BCUT2D eigenvalue weighted by Gasteiger charge is 2.18. The van der Waals surface area contributed by atoms with E-state index in [4.69, 9.17) is 0 Å². The summed E-state index contributed by atoms with van der Waals surface area (Å²) in [6.45, 7) is 0. The molecule has 0 unspecified atom stereocenters. The van der Waals surface area contributed by atoms with Gasteiger partial charge in [-0.3, -0.25) is 9.78 Å². The van der Waals surface area contributed by atoms with Gasteiger partial charge in [0.05, 0.1) is 17.4 Å². The second-order valence-electron chi connectivity index (χ2n) is 5.55. The molecule has 1 aliphatic carbocycles. The molecule has 0 spiro atoms. The standard InChI is InChI=1S/C17H18BrN3O/c18-13-5-7-15(8-6-13)20-16-9-12(10-19-11-16)17(22)21-14-3-1-2-4-14/h5-11,14,20H,1-4H2,(H,21,22). The number of anilines is 2. The molecule has 0 aliphatic heterocycles. The minimum absolute atomic E-state index is 0.0427. The van der Waals surface area contributed by atoms with Crippen molar-refractivity contribution in [3.63, 3.8) is 0 Å². The monoisotopic (exact) mass is 359 g/mol. The third-order valence-electron chi connectivity index (χ3n) is 3.82. The third-order valence-corrected chi connectivity index (χ3v) is 4.35. The number of aromatic nitrogens is 1. The normalized spacial score (nSPS) is 14.8. The van der Waals surface area contributed by atoms with Crippen LogP contribution in [0.2, 0.25) is 0 Å². The molecule has 0 radical (unpaired) electrons. The summed E-state index contributed by atoms with van der Waals surface area (Å²) in [5, 5.41) is 6.34. The molecule has 2 N–H and O–H groups in total. The van der Waals surface area contributed by atoms with Gasteiger partial charge < -0.3 is 10.6 Å². The van der Waals surface area contributed by atoms with Crippen LogP contribution >= 0.6 is 15.9 Å². The highest BCUT2D eigenvalue weighted by molar-refractivity contribution is 9.10. The zero-order valence-corrected chi connectivity index (χ0v) is 13.8. The van der Waals surface area contributed by atoms with Crippen LogP contribution in [-0.2, 0) is 0 Å². The van der Waals surface area contributed by atoms with E-state index < -0.39 is 0 Å². The quantitative estimate of drug-likeness (QED) is 0.857. The number of amides is 1. The minimum Gasteiger partial charge on any atom is -0.354 e. The van der Waals surface area contributed by atoms with E-state index in [0.29, 0.717) is 11.6 Å². The highest BCUT2D eigenvalue weighted by Crippen LogP contribution is 2.21. The van der Waals surface area contributed by atoms with E-state index in [2.05, 4.69) is 31.5 Å². The van der Waals surface area contributed by atoms with Crippen LogP contribution in [0.4, 0.5) is 11.4 Å². The Morgan fingerprint density at radius 1 is 1.09 bits per heavy atom. The molecular formula is C17H18BrN3O. The fourth-order valence-electron chi connectivity index (χ4n) is 2.67. The van der Waals surface area contributed by atoms with Gasteiger partial charge in [-0.1, -0.05) is 28.8 Å². The van der Waals surface area contributed by atoms with E-state index in [1.807, 2.05) is 30.3 Å². The third kappa shape index (κ3) is 3.85. The lowest BCUT2D eigenvalue weighted by atomic mass is 10.2. The van der Waals surface area contributed by atoms with Crippen LogP contribution in [0, 0.1) is 0 Å². The second kappa shape index (κ2) is 6.92. The van der Waals surface area contributed by atoms with Crippen molar-refractivity contribution in [3.8, 4) is 0 Å². The van der Waals surface area contributed by atoms with Gasteiger partial charge in [-0.25, -0.2) is 0 Å². The van der Waals surface area contributed by atoms with Gasteiger partial charge in [0.15, 0.2) is 0 Å². The van der Waals surface area contributed by atoms with Crippen molar-refractivity contribution in [2.24, 2.45) is 0 Å². The summed E-state index contributed by atoms with van der Waals surface area (Å²) in [5.41, 5.74) is 2.36. The Balaban J connectivity index is 1.68. The van der Waals surface area contributed by atoms with Gasteiger partial charge in [-0.15, -0.1) is 0 Å². The SMILES string of the molecule is O=C(NC1CCCC1)c1cncc(Nc2ccc(Br)cc2)c1. The van der Waals surface area contributed by atoms with Gasteiger partial charge in [-0.2, -0.15) is 0 Å². The lowest BCUT2D eigenvalue weighted by Crippen LogP contribution is -2.32. The van der Waals surface area contributed by atoms with Crippen LogP contribution in [-0.4, -0.2) is 16.9 Å². The van der Waals surface area contributed by atoms with Crippen LogP contribution in [0.5, 0.6) is 0 Å². The van der Waals surface area contributed by atoms with Gasteiger partial charge in [0.25, 0.3) is 5.91 Å². The molecule has 3 rings (SSSR count). The summed E-state index contributed by atoms with van der Waals surface area (Å²) >= 11 is 3.41. The molecule has 1 aliphatic rings. The molecule has 1 aromatic heterocycles. The molecule has 0 atom stereocenters. The zero-order valence-electron chi connectivity index (χ0n) is 12.2. The van der Waals surface area contributed by atoms with Gasteiger partial charge >= 0.3 is 0 Å². The summed E-state index contributed by atoms with van der Waals surface area (Å²) < 4.78 is 1.03. The largest absolute Gasteiger partial charge is 0.354 e. The van der Waals surface area contributed by atoms with Crippen molar-refractivity contribution in [2.45, 2.75) is 31.7 Å². The molecular weight excluding hydrogens is 342 g/mol. The summed E-state index contributed by atoms with van der Waals surface area (Å²) in [4.78, 5) is 16.4. The number of rotatable bonds is 4. The summed E-state index contributed by atoms with van der Waals surface area (Å²) in [5.74, 6) is -0.0427. The molecule has 114 valence electrons. The number of halogens is 1. The van der Waals surface area contributed by atoms with E-state index in [-0.39, 0.29) is 5.91 Å². The molecule has 4 nitrogen and oxygen atoms in total. The minimum atomic E-state index is -0.0427. The van der Waals surface area contributed by atoms with Crippen molar-refractivity contribution in [1.82, 2.24) is 10.3 Å². The molecule has 0 saturated heterocycles. The van der Waals surface area contributed by atoms with Crippen LogP contribution in [0.1, 0.15) is 36.0 Å². The Morgan fingerprint density at radius 3 is 2.55 bits per heavy atom. The summed E-state index contributed by atoms with van der Waals surface area (Å²) in [7, 11) is 0. The fourth-order valence-corrected chi connectivity index (χ4v) is 2.94. The van der Waals surface area contributed by atoms with Crippen molar-refractivity contribution < 1.29 is 4.79 Å². The van der Waals surface area contributed by atoms with Crippen LogP contribution < -0.4 is 10.6 Å². The van der Waals surface area contributed by atoms with Crippen molar-refractivity contribution in [2.75, 3.05) is 5.32 Å². The first-order chi connectivity index (χ1) is 10.7. The number of carbonyl (C=O) groups is 1. The number of nitrogens with zero attached hydrogens (tertiary/aromatic N) is 1. The van der Waals surface area contributed by atoms with Gasteiger partial charge in [0, 0.05) is 22.4 Å². The van der Waals surface area contributed by atoms with E-state index in [0.717, 1.165) is 28.7 Å². The maximum Gasteiger partial charge on any atom is 0.253 e. The predicted molar refractivity (Wildman–Crippen MR) is 91.4 cm³/mol. The molecule has 5 heteroatoms. The molecule has 2 aromatic rings. The summed E-state index contributed by atoms with van der Waals surface area (Å²) in [6.07, 6.45) is 7.89. The lowest BCUT2D eigenvalue weighted by Gasteiger charge is -2.12. The highest BCUT2D eigenvalue weighted by atomic mass is 79.9. The average molecular weight is 360 g/mol. The van der Waals surface area contributed by atoms with Crippen molar-refractivity contribution >= 4 is 33.2 Å². The molecule has 1 heterocycles. The van der Waals surface area contributed by atoms with Crippen LogP contribution in [0.3, 0.4) is 0 Å². The number of nitrogens with one attached hydrogen (secondary N) is 2. The Hall–Kier alpha value is -1.88. The smallest absolute Gasteiger partial charge is 0.253 e. The molecule has 1 amide bonds. The van der Waals surface area contributed by atoms with Crippen molar-refractivity contribution in [1.29, 1.82) is 0 Å². The zero-order chi connectivity index (χ0) is 15.4. The number of pyridine rings is 1. The second-order valence-corrected chi connectivity index (χ2v) is 6.46. The molecule has 1 saturated carbocycles. The average Bonchev–Trinajstić information content (AvgIpc) is 3.03. The maximum absolute atomic E-state index is 12.3. The van der Waals surface area contributed by atoms with Gasteiger partial charge in [-0.05, 0) is 43.2 Å². The van der Waals surface area contributed by atoms with Gasteiger partial charge in [0.1, 0.15) is 0 Å². The van der Waals surface area contributed by atoms with E-state index >= 15 is 0 Å². The molecule has 1 aromatic carbocycles. The predicted octanol–water partition coefficient (Wildman–Crippen LogP) is 4.26. The first-order valence-electron chi connectivity index (χ1n) is 7.49. The van der Waals surface area contributed by atoms with E-state index in [9.17, 15) is 4.79 Å². The lowest BCUT2D eigenvalue weighted by molar-refractivity contribution is 0.0937. The Labute approximate surface area is 138 Å². The first kappa shape index (κ1) is 15.0. The topological polar surface area (TPSA) is 54.0 Å². The number of hydrogen-bond acceptors (Lipinski definition) is 3. The van der Waals surface area contributed by atoms with E-state index in [1.165, 1.54) is 12.8 Å². The molecule has 1 fully saturated rings. The number of hydrogen-bond donors (Lipinski definition) is 2.